The van der Waals surface area contributed by atoms with Gasteiger partial charge in [-0.25, -0.2) is 0 Å². The number of aliphatic hydroxyl groups is 1. The summed E-state index contributed by atoms with van der Waals surface area (Å²) in [5.74, 6) is -0.819. The van der Waals surface area contributed by atoms with Crippen LogP contribution in [0.5, 0.6) is 0 Å². The highest BCUT2D eigenvalue weighted by Gasteiger charge is 2.34. The first kappa shape index (κ1) is 23.9. The maximum Gasteiger partial charge on any atom is 0.303 e. The van der Waals surface area contributed by atoms with Crippen molar-refractivity contribution >= 4 is 57.3 Å². The Bertz CT molecular complexity index is 977. The van der Waals surface area contributed by atoms with Gasteiger partial charge >= 0.3 is 5.97 Å². The number of ketones is 1. The van der Waals surface area contributed by atoms with Crippen molar-refractivity contribution in [3.8, 4) is 11.1 Å². The Balaban J connectivity index is 1.56. The monoisotopic (exact) mass is 474 g/mol. The number of carboxylic acid groups (broad SMARTS) is 1. The number of hydrogen-bond donors (Lipinski definition) is 2. The molecule has 2 N–H and O–H groups in total. The number of carbonyl (C=O) groups is 2. The molecule has 2 aromatic rings. The molecule has 0 spiro atoms. The predicted octanol–water partition coefficient (Wildman–Crippen LogP) is 6.32. The van der Waals surface area contributed by atoms with E-state index in [9.17, 15) is 14.7 Å². The zero-order chi connectivity index (χ0) is 22.2. The highest BCUT2D eigenvalue weighted by molar-refractivity contribution is 8.27. The maximum absolute atomic E-state index is 12.9. The number of thiocarbonyl (C=S) groups is 1. The molecule has 31 heavy (non-hydrogen) atoms. The molecule has 0 radical (unpaired) electrons. The molecular formula is C24H26O4S3. The van der Waals surface area contributed by atoms with E-state index in [1.165, 1.54) is 11.8 Å². The highest BCUT2D eigenvalue weighted by atomic mass is 32.2. The van der Waals surface area contributed by atoms with Crippen LogP contribution < -0.4 is 0 Å². The topological polar surface area (TPSA) is 74.6 Å². The van der Waals surface area contributed by atoms with Gasteiger partial charge in [-0.05, 0) is 47.1 Å². The smallest absolute Gasteiger partial charge is 0.303 e. The molecular weight excluding hydrogens is 448 g/mol. The lowest BCUT2D eigenvalue weighted by molar-refractivity contribution is -0.137. The van der Waals surface area contributed by atoms with Gasteiger partial charge in [0.05, 0.1) is 21.6 Å². The molecule has 1 atom stereocenters. The quantitative estimate of drug-likeness (QED) is 0.225. The van der Waals surface area contributed by atoms with E-state index in [1.54, 1.807) is 11.3 Å². The minimum atomic E-state index is -0.742. The van der Waals surface area contributed by atoms with Crippen LogP contribution >= 0.6 is 35.3 Å². The average molecular weight is 475 g/mol. The molecule has 1 unspecified atom stereocenters. The Hall–Kier alpha value is -1.80. The van der Waals surface area contributed by atoms with Gasteiger partial charge in [0.15, 0.2) is 5.78 Å². The number of rotatable bonds is 11. The summed E-state index contributed by atoms with van der Waals surface area (Å²) in [4.78, 5) is 25.1. The fourth-order valence-electron chi connectivity index (χ4n) is 3.65. The normalized spacial score (nSPS) is 17.6. The van der Waals surface area contributed by atoms with Crippen molar-refractivity contribution in [3.05, 3.63) is 51.1 Å². The van der Waals surface area contributed by atoms with Gasteiger partial charge in [-0.1, -0.05) is 73.9 Å². The van der Waals surface area contributed by atoms with E-state index < -0.39 is 5.97 Å². The van der Waals surface area contributed by atoms with Crippen molar-refractivity contribution in [2.24, 2.45) is 5.92 Å². The SMILES string of the molecule is O=C(O)CCCCCCCC1C(=O)/C(=C/c2cc(-c3ccccc3CO)cs2)SC1=S. The van der Waals surface area contributed by atoms with Crippen LogP contribution in [0.2, 0.25) is 0 Å². The van der Waals surface area contributed by atoms with E-state index in [2.05, 4.69) is 0 Å². The first-order chi connectivity index (χ1) is 15.0. The maximum atomic E-state index is 12.9. The number of carbonyl (C=O) groups excluding carboxylic acids is 1. The number of allylic oxidation sites excluding steroid dienone is 1. The largest absolute Gasteiger partial charge is 0.481 e. The highest BCUT2D eigenvalue weighted by Crippen LogP contribution is 2.40. The molecule has 7 heteroatoms. The third-order valence-corrected chi connectivity index (χ3v) is 7.77. The molecule has 1 aromatic heterocycles. The first-order valence-corrected chi connectivity index (χ1v) is 12.6. The molecule has 0 amide bonds. The van der Waals surface area contributed by atoms with Gasteiger partial charge in [0.2, 0.25) is 0 Å². The second-order valence-corrected chi connectivity index (χ2v) is 10.3. The van der Waals surface area contributed by atoms with Gasteiger partial charge in [0, 0.05) is 11.3 Å². The van der Waals surface area contributed by atoms with Crippen LogP contribution in [-0.2, 0) is 16.2 Å². The van der Waals surface area contributed by atoms with Crippen molar-refractivity contribution in [2.75, 3.05) is 0 Å². The zero-order valence-electron chi connectivity index (χ0n) is 17.2. The van der Waals surface area contributed by atoms with Crippen molar-refractivity contribution in [2.45, 2.75) is 51.6 Å². The molecule has 1 fully saturated rings. The van der Waals surface area contributed by atoms with Crippen molar-refractivity contribution in [1.82, 2.24) is 0 Å². The van der Waals surface area contributed by atoms with Crippen LogP contribution in [0.15, 0.2) is 40.6 Å². The lowest BCUT2D eigenvalue weighted by atomic mass is 9.97. The molecule has 1 saturated heterocycles. The van der Waals surface area contributed by atoms with Crippen LogP contribution in [0.3, 0.4) is 0 Å². The van der Waals surface area contributed by atoms with E-state index in [0.717, 1.165) is 57.9 Å². The number of Topliss-reactive ketones (excluding diaryl/α,β-unsaturated/α-hetero) is 1. The number of aliphatic carboxylic acids is 1. The number of unbranched alkanes of at least 4 members (excludes halogenated alkanes) is 4. The third-order valence-electron chi connectivity index (χ3n) is 5.33. The molecule has 0 bridgehead atoms. The Morgan fingerprint density at radius 3 is 2.65 bits per heavy atom. The van der Waals surface area contributed by atoms with Crippen LogP contribution in [0.25, 0.3) is 17.2 Å². The van der Waals surface area contributed by atoms with Gasteiger partial charge in [-0.15, -0.1) is 11.3 Å². The molecule has 4 nitrogen and oxygen atoms in total. The summed E-state index contributed by atoms with van der Waals surface area (Å²) in [6.45, 7) is -0.00765. The molecule has 164 valence electrons. The second-order valence-electron chi connectivity index (χ2n) is 7.60. The Morgan fingerprint density at radius 1 is 1.13 bits per heavy atom. The van der Waals surface area contributed by atoms with Gasteiger partial charge in [-0.2, -0.15) is 0 Å². The standard InChI is InChI=1S/C24H26O4S3/c25-14-16-8-6-7-9-19(16)17-12-18(30-15-17)13-21-23(28)20(24(29)31-21)10-4-2-1-3-5-11-22(26)27/h6-9,12-13,15,20,25H,1-5,10-11,14H2,(H,26,27)/b21-13-. The summed E-state index contributed by atoms with van der Waals surface area (Å²) < 4.78 is 0.754. The molecule has 3 rings (SSSR count). The number of hydrogen-bond acceptors (Lipinski definition) is 6. The third kappa shape index (κ3) is 6.59. The predicted molar refractivity (Wildman–Crippen MR) is 132 cm³/mol. The molecule has 1 aliphatic rings. The summed E-state index contributed by atoms with van der Waals surface area (Å²) in [7, 11) is 0. The summed E-state index contributed by atoms with van der Waals surface area (Å²) in [5.41, 5.74) is 2.93. The zero-order valence-corrected chi connectivity index (χ0v) is 19.7. The number of carboxylic acids is 1. The van der Waals surface area contributed by atoms with Gasteiger partial charge < -0.3 is 10.2 Å². The van der Waals surface area contributed by atoms with Crippen LogP contribution in [-0.4, -0.2) is 26.2 Å². The van der Waals surface area contributed by atoms with Crippen LogP contribution in [0.4, 0.5) is 0 Å². The van der Waals surface area contributed by atoms with E-state index in [1.807, 2.05) is 41.8 Å². The van der Waals surface area contributed by atoms with Crippen LogP contribution in [0.1, 0.15) is 55.4 Å². The lowest BCUT2D eigenvalue weighted by Crippen LogP contribution is -2.12. The molecule has 2 heterocycles. The summed E-state index contributed by atoms with van der Waals surface area (Å²) in [6.07, 6.45) is 7.46. The minimum absolute atomic E-state index is 0.00765. The van der Waals surface area contributed by atoms with E-state index in [-0.39, 0.29) is 24.7 Å². The number of thiophene rings is 1. The minimum Gasteiger partial charge on any atom is -0.481 e. The summed E-state index contributed by atoms with van der Waals surface area (Å²) in [5, 5.41) is 20.3. The first-order valence-electron chi connectivity index (χ1n) is 10.5. The molecule has 1 aliphatic heterocycles. The second kappa shape index (κ2) is 11.7. The summed E-state index contributed by atoms with van der Waals surface area (Å²) >= 11 is 8.47. The van der Waals surface area contributed by atoms with Crippen molar-refractivity contribution in [1.29, 1.82) is 0 Å². The summed E-state index contributed by atoms with van der Waals surface area (Å²) in [6, 6.07) is 9.82. The fourth-order valence-corrected chi connectivity index (χ4v) is 6.07. The van der Waals surface area contributed by atoms with Gasteiger partial charge in [0.25, 0.3) is 0 Å². The number of aliphatic hydroxyl groups excluding tert-OH is 1. The van der Waals surface area contributed by atoms with Gasteiger partial charge in [-0.3, -0.25) is 9.59 Å². The molecule has 1 aromatic carbocycles. The Kier molecular flexibility index (Phi) is 9.02. The molecule has 0 saturated carbocycles. The van der Waals surface area contributed by atoms with Crippen molar-refractivity contribution < 1.29 is 19.8 Å². The van der Waals surface area contributed by atoms with Crippen molar-refractivity contribution in [3.63, 3.8) is 0 Å². The molecule has 0 aliphatic carbocycles. The average Bonchev–Trinajstić information content (AvgIpc) is 3.32. The van der Waals surface area contributed by atoms with Gasteiger partial charge in [0.1, 0.15) is 0 Å². The number of benzene rings is 1. The Morgan fingerprint density at radius 2 is 1.87 bits per heavy atom. The fraction of sp³-hybridized carbons (Fsp3) is 0.375. The number of thioether (sulfide) groups is 1. The Labute approximate surface area is 196 Å². The lowest BCUT2D eigenvalue weighted by Gasteiger charge is -2.06. The van der Waals surface area contributed by atoms with Crippen LogP contribution in [0, 0.1) is 5.92 Å². The van der Waals surface area contributed by atoms with E-state index in [0.29, 0.717) is 11.3 Å². The van der Waals surface area contributed by atoms with E-state index >= 15 is 0 Å². The van der Waals surface area contributed by atoms with E-state index in [4.69, 9.17) is 17.3 Å².